The van der Waals surface area contributed by atoms with E-state index in [9.17, 15) is 9.59 Å². The second-order valence-electron chi connectivity index (χ2n) is 2.95. The summed E-state index contributed by atoms with van der Waals surface area (Å²) in [7, 11) is 0. The largest absolute Gasteiger partial charge is 0.492 e. The molecule has 0 aliphatic carbocycles. The minimum absolute atomic E-state index is 0.0865. The number of Topliss-reactive ketones (excluding diaryl/α,β-unsaturated/α-hetero) is 1. The molecule has 1 rings (SSSR count). The summed E-state index contributed by atoms with van der Waals surface area (Å²) in [5.74, 6) is 0.353. The highest BCUT2D eigenvalue weighted by molar-refractivity contribution is 9.10. The highest BCUT2D eigenvalue weighted by atomic mass is 79.9. The van der Waals surface area contributed by atoms with Gasteiger partial charge in [0.05, 0.1) is 16.6 Å². The quantitative estimate of drug-likeness (QED) is 0.624. The summed E-state index contributed by atoms with van der Waals surface area (Å²) in [6.07, 6.45) is 0.719. The summed E-state index contributed by atoms with van der Waals surface area (Å²) in [6.45, 7) is 3.73. The number of ketones is 1. The lowest BCUT2D eigenvalue weighted by Gasteiger charge is -2.11. The molecule has 0 aliphatic heterocycles. The Kier molecular flexibility index (Phi) is 4.03. The van der Waals surface area contributed by atoms with Crippen LogP contribution in [-0.2, 0) is 0 Å². The number of ether oxygens (including phenoxy) is 1. The maximum Gasteiger partial charge on any atom is 0.163 e. The Bertz CT molecular complexity index is 399. The van der Waals surface area contributed by atoms with Crippen molar-refractivity contribution >= 4 is 28.0 Å². The molecule has 0 spiro atoms. The molecule has 15 heavy (non-hydrogen) atoms. The highest BCUT2D eigenvalue weighted by Gasteiger charge is 2.14. The Morgan fingerprint density at radius 2 is 2.20 bits per heavy atom. The first-order valence-corrected chi connectivity index (χ1v) is 5.32. The monoisotopic (exact) mass is 270 g/mol. The van der Waals surface area contributed by atoms with Crippen molar-refractivity contribution in [2.75, 3.05) is 6.61 Å². The van der Waals surface area contributed by atoms with Crippen LogP contribution >= 0.6 is 15.9 Å². The number of hydrogen-bond acceptors (Lipinski definition) is 3. The second-order valence-corrected chi connectivity index (χ2v) is 3.75. The summed E-state index contributed by atoms with van der Waals surface area (Å²) >= 11 is 3.25. The van der Waals surface area contributed by atoms with Gasteiger partial charge in [-0.3, -0.25) is 9.59 Å². The molecular formula is C11H11BrO3. The van der Waals surface area contributed by atoms with Crippen molar-refractivity contribution in [3.8, 4) is 5.75 Å². The van der Waals surface area contributed by atoms with Gasteiger partial charge in [0.15, 0.2) is 12.1 Å². The molecule has 0 saturated heterocycles. The van der Waals surface area contributed by atoms with Crippen LogP contribution < -0.4 is 4.74 Å². The Morgan fingerprint density at radius 3 is 2.67 bits per heavy atom. The summed E-state index contributed by atoms with van der Waals surface area (Å²) in [6, 6.07) is 3.19. The first-order chi connectivity index (χ1) is 7.11. The molecule has 0 saturated carbocycles. The lowest BCUT2D eigenvalue weighted by Crippen LogP contribution is -2.03. The van der Waals surface area contributed by atoms with E-state index < -0.39 is 0 Å². The van der Waals surface area contributed by atoms with Crippen molar-refractivity contribution in [2.45, 2.75) is 13.8 Å². The predicted octanol–water partition coefficient (Wildman–Crippen LogP) is 2.86. The van der Waals surface area contributed by atoms with E-state index in [0.717, 1.165) is 6.29 Å². The predicted molar refractivity (Wildman–Crippen MR) is 60.7 cm³/mol. The molecule has 0 aliphatic rings. The molecule has 0 atom stereocenters. The Labute approximate surface area is 96.6 Å². The molecule has 1 aromatic carbocycles. The standard InChI is InChI=1S/C11H11BrO3/c1-3-15-11-9(7(2)14)5-4-8(6-13)10(11)12/h4-6H,3H2,1-2H3. The number of benzene rings is 1. The van der Waals surface area contributed by atoms with E-state index in [-0.39, 0.29) is 5.78 Å². The molecule has 0 N–H and O–H groups in total. The van der Waals surface area contributed by atoms with Crippen molar-refractivity contribution in [1.29, 1.82) is 0 Å². The van der Waals surface area contributed by atoms with Gasteiger partial charge in [-0.05, 0) is 41.9 Å². The number of carbonyl (C=O) groups excluding carboxylic acids is 2. The van der Waals surface area contributed by atoms with Crippen molar-refractivity contribution in [1.82, 2.24) is 0 Å². The van der Waals surface area contributed by atoms with Crippen LogP contribution in [-0.4, -0.2) is 18.7 Å². The minimum Gasteiger partial charge on any atom is -0.492 e. The Morgan fingerprint density at radius 1 is 1.53 bits per heavy atom. The zero-order valence-electron chi connectivity index (χ0n) is 8.54. The first-order valence-electron chi connectivity index (χ1n) is 4.53. The molecule has 80 valence electrons. The maximum absolute atomic E-state index is 11.3. The molecule has 0 fully saturated rings. The normalized spacial score (nSPS) is 9.80. The summed E-state index contributed by atoms with van der Waals surface area (Å²) in [5, 5.41) is 0. The van der Waals surface area contributed by atoms with E-state index in [2.05, 4.69) is 15.9 Å². The Balaban J connectivity index is 3.36. The number of hydrogen-bond donors (Lipinski definition) is 0. The lowest BCUT2D eigenvalue weighted by atomic mass is 10.1. The van der Waals surface area contributed by atoms with Gasteiger partial charge in [-0.1, -0.05) is 0 Å². The van der Waals surface area contributed by atoms with Gasteiger partial charge in [0.2, 0.25) is 0 Å². The van der Waals surface area contributed by atoms with E-state index >= 15 is 0 Å². The van der Waals surface area contributed by atoms with E-state index in [1.807, 2.05) is 6.92 Å². The number of rotatable bonds is 4. The van der Waals surface area contributed by atoms with Gasteiger partial charge < -0.3 is 4.74 Å². The summed E-state index contributed by atoms with van der Waals surface area (Å²) in [4.78, 5) is 22.0. The fourth-order valence-electron chi connectivity index (χ4n) is 1.22. The van der Waals surface area contributed by atoms with Gasteiger partial charge in [0, 0.05) is 5.56 Å². The van der Waals surface area contributed by atoms with Crippen LogP contribution in [0.25, 0.3) is 0 Å². The molecule has 0 unspecified atom stereocenters. The van der Waals surface area contributed by atoms with E-state index in [1.54, 1.807) is 12.1 Å². The number of carbonyl (C=O) groups is 2. The SMILES string of the molecule is CCOc1c(C(C)=O)ccc(C=O)c1Br. The first kappa shape index (κ1) is 11.9. The fraction of sp³-hybridized carbons (Fsp3) is 0.273. The topological polar surface area (TPSA) is 43.4 Å². The molecule has 0 amide bonds. The van der Waals surface area contributed by atoms with Crippen molar-refractivity contribution < 1.29 is 14.3 Å². The lowest BCUT2D eigenvalue weighted by molar-refractivity contribution is 0.101. The summed E-state index contributed by atoms with van der Waals surface area (Å²) < 4.78 is 5.88. The van der Waals surface area contributed by atoms with Crippen molar-refractivity contribution in [3.05, 3.63) is 27.7 Å². The van der Waals surface area contributed by atoms with Crippen molar-refractivity contribution in [3.63, 3.8) is 0 Å². The van der Waals surface area contributed by atoms with Crippen LogP contribution in [0.3, 0.4) is 0 Å². The molecule has 1 aromatic rings. The Hall–Kier alpha value is -1.16. The van der Waals surface area contributed by atoms with Gasteiger partial charge in [-0.2, -0.15) is 0 Å². The van der Waals surface area contributed by atoms with Crippen LogP contribution in [0.5, 0.6) is 5.75 Å². The van der Waals surface area contributed by atoms with Crippen LogP contribution in [0.1, 0.15) is 34.6 Å². The van der Waals surface area contributed by atoms with Crippen LogP contribution in [0.15, 0.2) is 16.6 Å². The van der Waals surface area contributed by atoms with Gasteiger partial charge in [0.25, 0.3) is 0 Å². The molecule has 0 bridgehead atoms. The van der Waals surface area contributed by atoms with E-state index in [1.165, 1.54) is 6.92 Å². The number of halogens is 1. The third-order valence-electron chi connectivity index (χ3n) is 1.92. The zero-order valence-corrected chi connectivity index (χ0v) is 10.1. The van der Waals surface area contributed by atoms with Gasteiger partial charge in [-0.25, -0.2) is 0 Å². The summed E-state index contributed by atoms with van der Waals surface area (Å²) in [5.41, 5.74) is 0.956. The second kappa shape index (κ2) is 5.07. The van der Waals surface area contributed by atoms with Crippen LogP contribution in [0.4, 0.5) is 0 Å². The van der Waals surface area contributed by atoms with Crippen LogP contribution in [0, 0.1) is 0 Å². The smallest absolute Gasteiger partial charge is 0.163 e. The third-order valence-corrected chi connectivity index (χ3v) is 2.74. The van der Waals surface area contributed by atoms with Gasteiger partial charge in [0.1, 0.15) is 5.75 Å². The van der Waals surface area contributed by atoms with Gasteiger partial charge >= 0.3 is 0 Å². The van der Waals surface area contributed by atoms with Crippen molar-refractivity contribution in [2.24, 2.45) is 0 Å². The third kappa shape index (κ3) is 2.45. The molecular weight excluding hydrogens is 260 g/mol. The van der Waals surface area contributed by atoms with Crippen LogP contribution in [0.2, 0.25) is 0 Å². The van der Waals surface area contributed by atoms with E-state index in [0.29, 0.717) is 28.0 Å². The number of aldehydes is 1. The molecule has 3 nitrogen and oxygen atoms in total. The molecule has 4 heteroatoms. The van der Waals surface area contributed by atoms with Gasteiger partial charge in [-0.15, -0.1) is 0 Å². The maximum atomic E-state index is 11.3. The fourth-order valence-corrected chi connectivity index (χ4v) is 1.78. The zero-order chi connectivity index (χ0) is 11.4. The highest BCUT2D eigenvalue weighted by Crippen LogP contribution is 2.32. The molecule has 0 aromatic heterocycles. The average molecular weight is 271 g/mol. The molecule has 0 radical (unpaired) electrons. The molecule has 0 heterocycles. The van der Waals surface area contributed by atoms with E-state index in [4.69, 9.17) is 4.74 Å². The minimum atomic E-state index is -0.0865. The average Bonchev–Trinajstić information content (AvgIpc) is 2.20.